The summed E-state index contributed by atoms with van der Waals surface area (Å²) in [5.74, 6) is -2.17. The van der Waals surface area contributed by atoms with Crippen molar-refractivity contribution in [3.8, 4) is 0 Å². The highest BCUT2D eigenvalue weighted by atomic mass is 16.7. The molecule has 0 spiro atoms. The Morgan fingerprint density at radius 2 is 0.598 bits per heavy atom. The van der Waals surface area contributed by atoms with Gasteiger partial charge in [0.25, 0.3) is 0 Å². The fourth-order valence-corrected chi connectivity index (χ4v) is 11.4. The average Bonchev–Trinajstić information content (AvgIpc) is 0.908. The summed E-state index contributed by atoms with van der Waals surface area (Å²) in [4.78, 5) is 77.5. The zero-order valence-corrected chi connectivity index (χ0v) is 55.6. The van der Waals surface area contributed by atoms with E-state index in [1.54, 1.807) is 20.8 Å². The van der Waals surface area contributed by atoms with Crippen LogP contribution in [-0.2, 0) is 57.2 Å². The van der Waals surface area contributed by atoms with Gasteiger partial charge < -0.3 is 112 Å². The minimum atomic E-state index is -1.19. The number of unbranched alkanes of at least 4 members (excludes halogenated alkanes) is 9. The van der Waals surface area contributed by atoms with Gasteiger partial charge in [-0.1, -0.05) is 53.9 Å². The van der Waals surface area contributed by atoms with E-state index in [1.165, 1.54) is 0 Å². The van der Waals surface area contributed by atoms with Crippen molar-refractivity contribution in [1.29, 1.82) is 0 Å². The highest BCUT2D eigenvalue weighted by molar-refractivity contribution is 5.78. The third-order valence-electron chi connectivity index (χ3n) is 17.4. The van der Waals surface area contributed by atoms with Crippen LogP contribution in [0.5, 0.6) is 0 Å². The number of nitrogens with one attached hydrogen (secondary N) is 7. The van der Waals surface area contributed by atoms with Crippen molar-refractivity contribution in [3.63, 3.8) is 0 Å². The Labute approximate surface area is 544 Å². The van der Waals surface area contributed by atoms with E-state index in [1.807, 2.05) is 13.8 Å². The molecule has 0 aromatic carbocycles. The molecule has 92 heavy (non-hydrogen) atoms. The molecule has 3 saturated heterocycles. The van der Waals surface area contributed by atoms with Gasteiger partial charge in [0, 0.05) is 127 Å². The van der Waals surface area contributed by atoms with Crippen molar-refractivity contribution in [2.24, 2.45) is 17.8 Å². The summed E-state index contributed by atoms with van der Waals surface area (Å²) in [5.41, 5.74) is -0.743. The van der Waals surface area contributed by atoms with Crippen molar-refractivity contribution in [2.45, 2.75) is 274 Å². The SMILES string of the molecule is CC(C)NC(CCC(=O)NCCCCNC(=O)CCCCCO[C@@H]1OC(CO)[C@H](O)C(O)[C@@H]1C)(CCC(=O)NCCCCNC(=O)CCCCCO[C@@H]1OC(CO)[C@H](O)C(O)[C@@H]1C)CCC(=O)NCCCCNC(=O)CCCCCO[C@@H]1OC(CO)[C@H](O)C(O)[C@@H]1C. The van der Waals surface area contributed by atoms with Crippen molar-refractivity contribution in [1.82, 2.24) is 37.2 Å². The predicted octanol–water partition coefficient (Wildman–Crippen LogP) is 0.0579. The smallest absolute Gasteiger partial charge is 0.220 e. The fraction of sp³-hybridized carbons (Fsp3) is 0.906. The normalized spacial score (nSPS) is 27.2. The molecule has 28 nitrogen and oxygen atoms in total. The Morgan fingerprint density at radius 1 is 0.359 bits per heavy atom. The molecule has 0 bridgehead atoms. The third kappa shape index (κ3) is 32.3. The molecule has 0 aromatic rings. The van der Waals surface area contributed by atoms with Crippen molar-refractivity contribution in [3.05, 3.63) is 0 Å². The lowest BCUT2D eigenvalue weighted by molar-refractivity contribution is -0.282. The van der Waals surface area contributed by atoms with Gasteiger partial charge in [0.15, 0.2) is 18.9 Å². The fourth-order valence-electron chi connectivity index (χ4n) is 11.4. The van der Waals surface area contributed by atoms with E-state index < -0.39 is 117 Å². The van der Waals surface area contributed by atoms with Gasteiger partial charge in [-0.3, -0.25) is 28.8 Å². The van der Waals surface area contributed by atoms with Crippen LogP contribution < -0.4 is 37.2 Å². The van der Waals surface area contributed by atoms with E-state index in [0.29, 0.717) is 175 Å². The largest absolute Gasteiger partial charge is 0.394 e. The Kier molecular flexibility index (Phi) is 42.2. The highest BCUT2D eigenvalue weighted by Crippen LogP contribution is 2.31. The molecule has 6 amide bonds. The van der Waals surface area contributed by atoms with Crippen LogP contribution in [0.4, 0.5) is 0 Å². The quantitative estimate of drug-likeness (QED) is 0.0358. The van der Waals surface area contributed by atoms with Crippen molar-refractivity contribution >= 4 is 35.4 Å². The summed E-state index contributed by atoms with van der Waals surface area (Å²) in [6.45, 7) is 11.3. The maximum atomic E-state index is 13.3. The van der Waals surface area contributed by atoms with Crippen LogP contribution in [0.2, 0.25) is 0 Å². The molecule has 0 radical (unpaired) electrons. The van der Waals surface area contributed by atoms with E-state index in [-0.39, 0.29) is 60.7 Å². The monoisotopic (exact) mass is 1320 g/mol. The van der Waals surface area contributed by atoms with E-state index >= 15 is 0 Å². The van der Waals surface area contributed by atoms with Crippen LogP contribution in [0.3, 0.4) is 0 Å². The summed E-state index contributed by atoms with van der Waals surface area (Å²) in [6, 6.07) is -0.0428. The maximum Gasteiger partial charge on any atom is 0.220 e. The molecule has 15 atom stereocenters. The molecule has 3 fully saturated rings. The molecule has 16 N–H and O–H groups in total. The number of aliphatic hydroxyl groups excluding tert-OH is 9. The van der Waals surface area contributed by atoms with Gasteiger partial charge in [0.1, 0.15) is 36.6 Å². The molecule has 3 rings (SSSR count). The topological polar surface area (TPSA) is 424 Å². The number of hydrogen-bond donors (Lipinski definition) is 16. The number of carbonyl (C=O) groups excluding carboxylic acids is 6. The second-order valence-electron chi connectivity index (χ2n) is 25.5. The molecule has 0 aliphatic carbocycles. The highest BCUT2D eigenvalue weighted by Gasteiger charge is 2.45. The number of hydrogen-bond acceptors (Lipinski definition) is 22. The first-order valence-corrected chi connectivity index (χ1v) is 34.2. The lowest BCUT2D eigenvalue weighted by atomic mass is 9.82. The van der Waals surface area contributed by atoms with Gasteiger partial charge in [-0.2, -0.15) is 0 Å². The zero-order chi connectivity index (χ0) is 67.8. The second kappa shape index (κ2) is 47.2. The zero-order valence-electron chi connectivity index (χ0n) is 55.6. The first kappa shape index (κ1) is 82.4. The summed E-state index contributed by atoms with van der Waals surface area (Å²) in [7, 11) is 0. The van der Waals surface area contributed by atoms with Gasteiger partial charge in [-0.15, -0.1) is 0 Å². The molecule has 536 valence electrons. The lowest BCUT2D eigenvalue weighted by Gasteiger charge is -2.40. The van der Waals surface area contributed by atoms with Gasteiger partial charge in [-0.25, -0.2) is 0 Å². The molecular weight excluding hydrogens is 1200 g/mol. The summed E-state index contributed by atoms with van der Waals surface area (Å²) < 4.78 is 34.0. The van der Waals surface area contributed by atoms with Crippen LogP contribution in [0.1, 0.15) is 189 Å². The molecular formula is C64H119N7O21. The molecule has 6 unspecified atom stereocenters. The lowest BCUT2D eigenvalue weighted by Crippen LogP contribution is -2.55. The predicted molar refractivity (Wildman–Crippen MR) is 338 cm³/mol. The molecule has 0 saturated carbocycles. The van der Waals surface area contributed by atoms with Gasteiger partial charge >= 0.3 is 0 Å². The van der Waals surface area contributed by atoms with E-state index in [2.05, 4.69) is 37.2 Å². The first-order chi connectivity index (χ1) is 44.1. The Hall–Kier alpha value is -3.82. The Morgan fingerprint density at radius 3 is 0.826 bits per heavy atom. The summed E-state index contributed by atoms with van der Waals surface area (Å²) in [6.07, 6.45) is 0.688. The molecule has 3 aliphatic heterocycles. The Balaban J connectivity index is 1.37. The van der Waals surface area contributed by atoms with Crippen LogP contribution in [0, 0.1) is 17.8 Å². The summed E-state index contributed by atoms with van der Waals surface area (Å²) in [5, 5.41) is 111. The summed E-state index contributed by atoms with van der Waals surface area (Å²) >= 11 is 0. The van der Waals surface area contributed by atoms with Crippen LogP contribution in [-0.4, -0.2) is 246 Å². The number of rotatable bonds is 50. The number of ether oxygens (including phenoxy) is 6. The van der Waals surface area contributed by atoms with Gasteiger partial charge in [0.2, 0.25) is 35.4 Å². The van der Waals surface area contributed by atoms with Crippen LogP contribution in [0.15, 0.2) is 0 Å². The minimum Gasteiger partial charge on any atom is -0.394 e. The van der Waals surface area contributed by atoms with Gasteiger partial charge in [-0.05, 0) is 96.3 Å². The maximum absolute atomic E-state index is 13.3. The molecule has 3 heterocycles. The van der Waals surface area contributed by atoms with Crippen molar-refractivity contribution < 1.29 is 103 Å². The van der Waals surface area contributed by atoms with E-state index in [9.17, 15) is 74.7 Å². The first-order valence-electron chi connectivity index (χ1n) is 34.2. The van der Waals surface area contributed by atoms with E-state index in [4.69, 9.17) is 28.4 Å². The standard InChI is InChI=1S/C64H119N7O21/c1-42(2)71-64(27-24-52(78)68-33-15-12-30-65-49(75)21-9-6-18-36-87-61-43(3)55(81)58(84)46(39-72)90-61,28-25-53(79)69-34-16-13-31-66-50(76)22-10-7-19-37-88-62-44(4)56(82)59(85)47(40-73)91-62)29-26-54(80)70-35-17-14-32-67-51(77)23-11-8-20-38-89-63-45(5)57(83)60(86)48(41-74)92-63/h42-48,55-63,71-74,81-86H,6-41H2,1-5H3,(H,65,75)(H,66,76)(H,67,77)(H,68,78)(H,69,79)(H,70,80)/t43-,44-,45-,46?,47?,48?,55?,56?,57?,58-,59-,60-,61+,62+,63+,64?/m0/s1. The number of aliphatic hydroxyl groups is 9. The molecule has 0 aromatic heterocycles. The minimum absolute atomic E-state index is 0.0428. The van der Waals surface area contributed by atoms with Crippen LogP contribution >= 0.6 is 0 Å². The average molecular weight is 1320 g/mol. The second-order valence-corrected chi connectivity index (χ2v) is 25.5. The molecule has 28 heteroatoms. The third-order valence-corrected chi connectivity index (χ3v) is 17.4. The van der Waals surface area contributed by atoms with Crippen molar-refractivity contribution in [2.75, 3.05) is 78.9 Å². The number of amides is 6. The van der Waals surface area contributed by atoms with E-state index in [0.717, 1.165) is 19.3 Å². The number of carbonyl (C=O) groups is 6. The Bertz CT molecular complexity index is 1840. The van der Waals surface area contributed by atoms with Crippen LogP contribution in [0.25, 0.3) is 0 Å². The molecule has 3 aliphatic rings. The van der Waals surface area contributed by atoms with Gasteiger partial charge in [0.05, 0.1) is 38.1 Å².